The van der Waals surface area contributed by atoms with E-state index in [2.05, 4.69) is 14.8 Å². The van der Waals surface area contributed by atoms with E-state index in [1.807, 2.05) is 0 Å². The minimum Gasteiger partial charge on any atom is -0.496 e. The molecule has 0 spiro atoms. The smallest absolute Gasteiger partial charge is 0.496 e. The van der Waals surface area contributed by atoms with E-state index in [-0.39, 0.29) is 16.0 Å². The number of halogens is 3. The third-order valence-corrected chi connectivity index (χ3v) is 6.80. The van der Waals surface area contributed by atoms with Crippen LogP contribution in [-0.4, -0.2) is 35.0 Å². The van der Waals surface area contributed by atoms with Gasteiger partial charge in [-0.25, -0.2) is 8.42 Å². The number of methoxy groups -OCH3 is 1. The molecule has 29 heavy (non-hydrogen) atoms. The molecule has 1 heterocycles. The first-order chi connectivity index (χ1) is 13.6. The Hall–Kier alpha value is -2.46. The third-order valence-electron chi connectivity index (χ3n) is 5.44. The number of rotatable bonds is 6. The summed E-state index contributed by atoms with van der Waals surface area (Å²) >= 11 is 0. The van der Waals surface area contributed by atoms with Gasteiger partial charge in [0.1, 0.15) is 5.75 Å². The zero-order valence-corrected chi connectivity index (χ0v) is 16.2. The molecule has 2 atom stereocenters. The Labute approximate surface area is 166 Å². The Morgan fingerprint density at radius 2 is 1.93 bits per heavy atom. The van der Waals surface area contributed by atoms with Crippen LogP contribution < -0.4 is 19.5 Å². The molecule has 0 radical (unpaired) electrons. The summed E-state index contributed by atoms with van der Waals surface area (Å²) in [6, 6.07) is 9.48. The molecule has 2 N–H and O–H groups in total. The van der Waals surface area contributed by atoms with Crippen molar-refractivity contribution < 1.29 is 31.1 Å². The van der Waals surface area contributed by atoms with E-state index in [4.69, 9.17) is 4.74 Å². The topological polar surface area (TPSA) is 76.7 Å². The van der Waals surface area contributed by atoms with Crippen molar-refractivity contribution >= 4 is 15.7 Å². The summed E-state index contributed by atoms with van der Waals surface area (Å²) in [4.78, 5) is -0.0537. The lowest BCUT2D eigenvalue weighted by atomic mass is 9.94. The molecule has 10 heteroatoms. The van der Waals surface area contributed by atoms with Crippen LogP contribution in [0.4, 0.5) is 18.9 Å². The van der Waals surface area contributed by atoms with Gasteiger partial charge in [0.25, 0.3) is 10.0 Å². The highest BCUT2D eigenvalue weighted by Crippen LogP contribution is 2.58. The lowest BCUT2D eigenvalue weighted by Gasteiger charge is -2.19. The fraction of sp³-hybridized carbons (Fsp3) is 0.368. The number of benzene rings is 2. The Morgan fingerprint density at radius 3 is 2.55 bits per heavy atom. The fourth-order valence-electron chi connectivity index (χ4n) is 3.97. The molecule has 0 amide bonds. The number of alkyl halides is 3. The maximum Gasteiger partial charge on any atom is 0.573 e. The zero-order chi connectivity index (χ0) is 20.9. The summed E-state index contributed by atoms with van der Waals surface area (Å²) in [5.74, 6) is 0.386. The maximum atomic E-state index is 12.9. The van der Waals surface area contributed by atoms with Crippen LogP contribution in [0.25, 0.3) is 0 Å². The van der Waals surface area contributed by atoms with Gasteiger partial charge in [0.15, 0.2) is 5.75 Å². The Kier molecular flexibility index (Phi) is 4.66. The molecule has 1 saturated carbocycles. The molecule has 4 rings (SSSR count). The average Bonchev–Trinajstić information content (AvgIpc) is 3.22. The van der Waals surface area contributed by atoms with Crippen molar-refractivity contribution in [2.24, 2.45) is 5.92 Å². The Bertz CT molecular complexity index is 1040. The van der Waals surface area contributed by atoms with Crippen LogP contribution in [0.15, 0.2) is 47.4 Å². The molecule has 2 aromatic rings. The minimum atomic E-state index is -4.94. The Balaban J connectivity index is 1.67. The number of piperidine rings is 1. The van der Waals surface area contributed by atoms with Gasteiger partial charge in [-0.3, -0.25) is 4.72 Å². The molecule has 0 aromatic heterocycles. The highest BCUT2D eigenvalue weighted by molar-refractivity contribution is 7.92. The number of ether oxygens (including phenoxy) is 2. The fourth-order valence-corrected chi connectivity index (χ4v) is 5.07. The lowest BCUT2D eigenvalue weighted by molar-refractivity contribution is -0.274. The second-order valence-electron chi connectivity index (χ2n) is 7.20. The number of anilines is 1. The number of hydrogen-bond donors (Lipinski definition) is 2. The quantitative estimate of drug-likeness (QED) is 0.739. The molecule has 1 saturated heterocycles. The normalized spacial score (nSPS) is 23.4. The molecule has 6 nitrogen and oxygen atoms in total. The van der Waals surface area contributed by atoms with Crippen LogP contribution in [0.2, 0.25) is 0 Å². The molecular formula is C19H19F3N2O4S. The largest absolute Gasteiger partial charge is 0.573 e. The highest BCUT2D eigenvalue weighted by Gasteiger charge is 2.59. The van der Waals surface area contributed by atoms with E-state index in [0.29, 0.717) is 11.7 Å². The second-order valence-corrected chi connectivity index (χ2v) is 8.88. The van der Waals surface area contributed by atoms with Crippen molar-refractivity contribution in [2.45, 2.75) is 23.1 Å². The van der Waals surface area contributed by atoms with Crippen LogP contribution in [0, 0.1) is 5.92 Å². The summed E-state index contributed by atoms with van der Waals surface area (Å²) in [6.07, 6.45) is -4.00. The number of sulfonamides is 1. The van der Waals surface area contributed by atoms with Crippen molar-refractivity contribution in [1.82, 2.24) is 5.32 Å². The van der Waals surface area contributed by atoms with Crippen LogP contribution >= 0.6 is 0 Å². The van der Waals surface area contributed by atoms with Crippen molar-refractivity contribution in [2.75, 3.05) is 24.9 Å². The van der Waals surface area contributed by atoms with Crippen molar-refractivity contribution in [3.8, 4) is 11.5 Å². The van der Waals surface area contributed by atoms with Gasteiger partial charge >= 0.3 is 6.36 Å². The van der Waals surface area contributed by atoms with E-state index >= 15 is 0 Å². The number of para-hydroxylation sites is 2. The van der Waals surface area contributed by atoms with Gasteiger partial charge in [-0.05, 0) is 49.2 Å². The van der Waals surface area contributed by atoms with Gasteiger partial charge in [0.05, 0.1) is 17.7 Å². The van der Waals surface area contributed by atoms with Crippen molar-refractivity contribution in [3.05, 3.63) is 48.0 Å². The molecule has 1 aliphatic carbocycles. The first-order valence-electron chi connectivity index (χ1n) is 8.91. The zero-order valence-electron chi connectivity index (χ0n) is 15.4. The van der Waals surface area contributed by atoms with E-state index in [1.54, 1.807) is 12.1 Å². The second kappa shape index (κ2) is 6.81. The summed E-state index contributed by atoms with van der Waals surface area (Å²) < 4.78 is 75.2. The van der Waals surface area contributed by atoms with Gasteiger partial charge in [-0.15, -0.1) is 13.2 Å². The SMILES string of the molecule is COc1ccc(S(=O)(=O)Nc2ccccc2OC(F)(F)F)cc1C12CNCC1C2. The highest BCUT2D eigenvalue weighted by atomic mass is 32.2. The molecule has 0 bridgehead atoms. The lowest BCUT2D eigenvalue weighted by Crippen LogP contribution is -2.21. The van der Waals surface area contributed by atoms with Crippen molar-refractivity contribution in [3.63, 3.8) is 0 Å². The predicted molar refractivity (Wildman–Crippen MR) is 99.6 cm³/mol. The van der Waals surface area contributed by atoms with Gasteiger partial charge in [-0.2, -0.15) is 0 Å². The van der Waals surface area contributed by atoms with Gasteiger partial charge in [-0.1, -0.05) is 12.1 Å². The summed E-state index contributed by atoms with van der Waals surface area (Å²) in [6.45, 7) is 1.59. The Morgan fingerprint density at radius 1 is 1.17 bits per heavy atom. The first kappa shape index (κ1) is 19.8. The number of hydrogen-bond acceptors (Lipinski definition) is 5. The van der Waals surface area contributed by atoms with Crippen molar-refractivity contribution in [1.29, 1.82) is 0 Å². The van der Waals surface area contributed by atoms with Crippen LogP contribution in [-0.2, 0) is 15.4 Å². The average molecular weight is 428 g/mol. The third kappa shape index (κ3) is 3.74. The van der Waals surface area contributed by atoms with Crippen LogP contribution in [0.1, 0.15) is 12.0 Å². The first-order valence-corrected chi connectivity index (χ1v) is 10.4. The molecule has 2 fully saturated rings. The molecule has 2 aromatic carbocycles. The maximum absolute atomic E-state index is 12.9. The minimum absolute atomic E-state index is 0.0537. The monoisotopic (exact) mass is 428 g/mol. The molecule has 156 valence electrons. The standard InChI is InChI=1S/C19H19F3N2O4S/c1-27-16-7-6-13(8-14(16)18-9-12(18)10-23-11-18)29(25,26)24-15-4-2-3-5-17(15)28-19(20,21)22/h2-8,12,23-24H,9-11H2,1H3. The molecule has 1 aliphatic heterocycles. The van der Waals surface area contributed by atoms with E-state index in [9.17, 15) is 21.6 Å². The molecule has 2 aliphatic rings. The molecule has 2 unspecified atom stereocenters. The number of nitrogens with one attached hydrogen (secondary N) is 2. The van der Waals surface area contributed by atoms with E-state index < -0.39 is 22.1 Å². The van der Waals surface area contributed by atoms with Crippen LogP contribution in [0.3, 0.4) is 0 Å². The van der Waals surface area contributed by atoms with Gasteiger partial charge < -0.3 is 14.8 Å². The summed E-state index contributed by atoms with van der Waals surface area (Å²) in [7, 11) is -2.63. The van der Waals surface area contributed by atoms with Gasteiger partial charge in [0, 0.05) is 17.5 Å². The predicted octanol–water partition coefficient (Wildman–Crippen LogP) is 3.26. The number of fused-ring (bicyclic) bond motifs is 1. The molecular weight excluding hydrogens is 409 g/mol. The summed E-state index contributed by atoms with van der Waals surface area (Å²) in [5.41, 5.74) is 0.332. The van der Waals surface area contributed by atoms with E-state index in [0.717, 1.165) is 31.1 Å². The van der Waals surface area contributed by atoms with Crippen LogP contribution in [0.5, 0.6) is 11.5 Å². The van der Waals surface area contributed by atoms with E-state index in [1.165, 1.54) is 31.4 Å². The van der Waals surface area contributed by atoms with Gasteiger partial charge in [0.2, 0.25) is 0 Å². The summed E-state index contributed by atoms with van der Waals surface area (Å²) in [5, 5.41) is 3.30.